The average Bonchev–Trinajstić information content (AvgIpc) is 2.86. The number of pyridine rings is 1. The molecule has 0 bridgehead atoms. The molecule has 13 heteroatoms. The molecule has 0 saturated carbocycles. The molecule has 2 aromatic heterocycles. The third-order valence-corrected chi connectivity index (χ3v) is 4.45. The molecule has 37 heavy (non-hydrogen) atoms. The predicted octanol–water partition coefficient (Wildman–Crippen LogP) is 5.28. The molecular weight excluding hydrogens is 493 g/mol. The Kier molecular flexibility index (Phi) is 11.2. The van der Waals surface area contributed by atoms with E-state index in [0.29, 0.717) is 17.8 Å². The van der Waals surface area contributed by atoms with E-state index in [1.807, 2.05) is 12.2 Å². The second-order valence-corrected chi connectivity index (χ2v) is 7.33. The molecule has 0 radical (unpaired) electrons. The van der Waals surface area contributed by atoms with Gasteiger partial charge >= 0.3 is 12.3 Å². The van der Waals surface area contributed by atoms with Crippen molar-refractivity contribution >= 4 is 29.2 Å². The fourth-order valence-corrected chi connectivity index (χ4v) is 2.87. The van der Waals surface area contributed by atoms with E-state index < -0.39 is 23.7 Å². The van der Waals surface area contributed by atoms with E-state index >= 15 is 0 Å². The van der Waals surface area contributed by atoms with Gasteiger partial charge in [-0.25, -0.2) is 19.7 Å². The molecule has 0 saturated heterocycles. The first-order valence-corrected chi connectivity index (χ1v) is 11.2. The average molecular weight is 521 g/mol. The number of carboxylic acid groups (broad SMARTS) is 1. The minimum atomic E-state index is -4.74. The summed E-state index contributed by atoms with van der Waals surface area (Å²) >= 11 is 0. The molecule has 198 valence electrons. The van der Waals surface area contributed by atoms with E-state index in [-0.39, 0.29) is 29.3 Å². The number of carbonyl (C=O) groups is 2. The second kappa shape index (κ2) is 14.3. The van der Waals surface area contributed by atoms with Crippen LogP contribution in [0.1, 0.15) is 41.9 Å². The lowest BCUT2D eigenvalue weighted by molar-refractivity contribution is -0.137. The summed E-state index contributed by atoms with van der Waals surface area (Å²) in [5, 5.41) is 15.9. The van der Waals surface area contributed by atoms with Gasteiger partial charge in [-0.15, -0.1) is 0 Å². The number of rotatable bonds is 9. The van der Waals surface area contributed by atoms with Crippen LogP contribution < -0.4 is 16.0 Å². The van der Waals surface area contributed by atoms with Gasteiger partial charge in [-0.05, 0) is 49.7 Å². The van der Waals surface area contributed by atoms with E-state index in [0.717, 1.165) is 25.7 Å². The van der Waals surface area contributed by atoms with Crippen LogP contribution in [-0.4, -0.2) is 45.3 Å². The zero-order valence-corrected chi connectivity index (χ0v) is 20.2. The molecule has 2 heterocycles. The van der Waals surface area contributed by atoms with Crippen LogP contribution in [0.3, 0.4) is 0 Å². The number of nitrogens with one attached hydrogen (secondary N) is 3. The highest BCUT2D eigenvalue weighted by Crippen LogP contribution is 2.33. The lowest BCUT2D eigenvalue weighted by atomic mass is 10.1. The number of benzene rings is 1. The van der Waals surface area contributed by atoms with Crippen molar-refractivity contribution in [2.45, 2.75) is 33.0 Å². The summed E-state index contributed by atoms with van der Waals surface area (Å²) in [4.78, 5) is 35.4. The topological polar surface area (TPSA) is 138 Å². The largest absolute Gasteiger partial charge is 0.465 e. The Bertz CT molecular complexity index is 1160. The van der Waals surface area contributed by atoms with Crippen molar-refractivity contribution in [1.29, 1.82) is 0 Å². The summed E-state index contributed by atoms with van der Waals surface area (Å²) in [5.74, 6) is -0.548. The first-order valence-electron chi connectivity index (χ1n) is 11.2. The van der Waals surface area contributed by atoms with Gasteiger partial charge in [0, 0.05) is 37.0 Å². The Morgan fingerprint density at radius 3 is 2.32 bits per heavy atom. The van der Waals surface area contributed by atoms with E-state index in [9.17, 15) is 22.8 Å². The van der Waals surface area contributed by atoms with Crippen LogP contribution in [-0.2, 0) is 17.5 Å². The number of halogens is 3. The van der Waals surface area contributed by atoms with E-state index in [1.54, 1.807) is 12.3 Å². The molecule has 4 N–H and O–H groups in total. The van der Waals surface area contributed by atoms with Crippen LogP contribution in [0.2, 0.25) is 0 Å². The van der Waals surface area contributed by atoms with Crippen LogP contribution in [0.15, 0.2) is 55.1 Å². The van der Waals surface area contributed by atoms with Crippen LogP contribution in [0.5, 0.6) is 0 Å². The van der Waals surface area contributed by atoms with Gasteiger partial charge < -0.3 is 20.5 Å². The van der Waals surface area contributed by atoms with E-state index in [2.05, 4.69) is 32.5 Å². The molecule has 0 aliphatic carbocycles. The third kappa shape index (κ3) is 10.1. The van der Waals surface area contributed by atoms with E-state index in [1.165, 1.54) is 24.7 Å². The zero-order valence-electron chi connectivity index (χ0n) is 20.2. The molecule has 3 rings (SSSR count). The number of hydrogen-bond donors (Lipinski definition) is 4. The monoisotopic (exact) mass is 520 g/mol. The van der Waals surface area contributed by atoms with Gasteiger partial charge in [-0.3, -0.25) is 10.1 Å². The molecular formula is C24H27F3N6O4. The molecule has 0 atom stereocenters. The van der Waals surface area contributed by atoms with Crippen molar-refractivity contribution < 1.29 is 32.6 Å². The van der Waals surface area contributed by atoms with Gasteiger partial charge in [0.15, 0.2) is 0 Å². The number of hydrogen-bond acceptors (Lipinski definition) is 7. The molecule has 0 unspecified atom stereocenters. The van der Waals surface area contributed by atoms with Crippen LogP contribution in [0.25, 0.3) is 0 Å². The number of carbonyl (C=O) groups excluding carboxylic acids is 1. The number of nitrogens with zero attached hydrogens (tertiary/aromatic N) is 3. The van der Waals surface area contributed by atoms with Crippen LogP contribution >= 0.6 is 0 Å². The molecule has 1 aromatic carbocycles. The fraction of sp³-hybridized carbons (Fsp3) is 0.292. The van der Waals surface area contributed by atoms with Gasteiger partial charge in [0.2, 0.25) is 0 Å². The summed E-state index contributed by atoms with van der Waals surface area (Å²) in [6.45, 7) is 6.12. The molecule has 0 fully saturated rings. The zero-order chi connectivity index (χ0) is 27.3. The summed E-state index contributed by atoms with van der Waals surface area (Å²) < 4.78 is 44.4. The fourth-order valence-electron chi connectivity index (χ4n) is 2.87. The number of anilines is 3. The van der Waals surface area contributed by atoms with Crippen molar-refractivity contribution in [2.24, 2.45) is 0 Å². The Morgan fingerprint density at radius 1 is 1.03 bits per heavy atom. The lowest BCUT2D eigenvalue weighted by Gasteiger charge is -2.14. The molecule has 10 nitrogen and oxygen atoms in total. The summed E-state index contributed by atoms with van der Waals surface area (Å²) in [6, 6.07) is 7.00. The standard InChI is InChI=1S/C19H15F3N6O3.C5H12O/c20-19(21,22)11-6-13(8-14(7-11)28-18(30)31)27-17(29)15-2-1-4-24-16(15)25-9-12-3-5-23-10-26-12;1-3-5-6-4-2/h1-8,10,28H,9H2,(H,24,25)(H,27,29)(H,30,31);3-5H2,1-2H3. The van der Waals surface area contributed by atoms with Crippen molar-refractivity contribution in [3.63, 3.8) is 0 Å². The molecule has 3 aromatic rings. The van der Waals surface area contributed by atoms with Gasteiger partial charge in [0.1, 0.15) is 12.1 Å². The lowest BCUT2D eigenvalue weighted by Crippen LogP contribution is -2.17. The quantitative estimate of drug-likeness (QED) is 0.280. The third-order valence-electron chi connectivity index (χ3n) is 4.45. The molecule has 2 amide bonds. The minimum absolute atomic E-state index is 0.0710. The second-order valence-electron chi connectivity index (χ2n) is 7.33. The highest BCUT2D eigenvalue weighted by Gasteiger charge is 2.31. The first kappa shape index (κ1) is 29.0. The SMILES string of the molecule is CCCOCC.O=C(O)Nc1cc(NC(=O)c2cccnc2NCc2ccncn2)cc(C(F)(F)F)c1. The Labute approximate surface area is 211 Å². The van der Waals surface area contributed by atoms with Crippen LogP contribution in [0.4, 0.5) is 35.2 Å². The Hall–Kier alpha value is -4.26. The highest BCUT2D eigenvalue weighted by atomic mass is 19.4. The summed E-state index contributed by atoms with van der Waals surface area (Å²) in [6.07, 6.45) is -0.799. The molecule has 0 spiro atoms. The number of alkyl halides is 3. The van der Waals surface area contributed by atoms with Crippen molar-refractivity contribution in [3.8, 4) is 0 Å². The van der Waals surface area contributed by atoms with Crippen LogP contribution in [0, 0.1) is 0 Å². The summed E-state index contributed by atoms with van der Waals surface area (Å²) in [5.41, 5.74) is -1.00. The van der Waals surface area contributed by atoms with Gasteiger partial charge in [-0.1, -0.05) is 6.92 Å². The first-order chi connectivity index (χ1) is 17.6. The summed E-state index contributed by atoms with van der Waals surface area (Å²) in [7, 11) is 0. The molecule has 0 aliphatic rings. The van der Waals surface area contributed by atoms with Gasteiger partial charge in [0.25, 0.3) is 5.91 Å². The Morgan fingerprint density at radius 2 is 1.76 bits per heavy atom. The van der Waals surface area contributed by atoms with Crippen molar-refractivity contribution in [1.82, 2.24) is 15.0 Å². The van der Waals surface area contributed by atoms with Crippen molar-refractivity contribution in [2.75, 3.05) is 29.2 Å². The number of ether oxygens (including phenoxy) is 1. The Balaban J connectivity index is 0.000000717. The minimum Gasteiger partial charge on any atom is -0.465 e. The molecule has 0 aliphatic heterocycles. The normalized spacial score (nSPS) is 10.6. The van der Waals surface area contributed by atoms with Gasteiger partial charge in [0.05, 0.1) is 23.4 Å². The number of amides is 2. The smallest absolute Gasteiger partial charge is 0.416 e. The number of aromatic nitrogens is 3. The van der Waals surface area contributed by atoms with Crippen molar-refractivity contribution in [3.05, 3.63) is 71.9 Å². The maximum Gasteiger partial charge on any atom is 0.416 e. The highest BCUT2D eigenvalue weighted by molar-refractivity contribution is 6.07. The maximum atomic E-state index is 13.2. The predicted molar refractivity (Wildman–Crippen MR) is 131 cm³/mol. The maximum absolute atomic E-state index is 13.2. The van der Waals surface area contributed by atoms with Gasteiger partial charge in [-0.2, -0.15) is 13.2 Å². The van der Waals surface area contributed by atoms with E-state index in [4.69, 9.17) is 9.84 Å².